The molecule has 0 unspecified atom stereocenters. The summed E-state index contributed by atoms with van der Waals surface area (Å²) in [7, 11) is 0. The maximum absolute atomic E-state index is 5.76. The van der Waals surface area contributed by atoms with Crippen molar-refractivity contribution in [2.75, 3.05) is 0 Å². The number of aryl methyl sites for hydroxylation is 1. The lowest BCUT2D eigenvalue weighted by Crippen LogP contribution is -2.21. The van der Waals surface area contributed by atoms with E-state index in [9.17, 15) is 0 Å². The van der Waals surface area contributed by atoms with E-state index in [2.05, 4.69) is 29.1 Å². The van der Waals surface area contributed by atoms with E-state index in [0.717, 1.165) is 23.6 Å². The molecule has 4 nitrogen and oxygen atoms in total. The van der Waals surface area contributed by atoms with Gasteiger partial charge in [0.05, 0.1) is 5.69 Å². The van der Waals surface area contributed by atoms with Crippen LogP contribution in [0.15, 0.2) is 36.7 Å². The molecule has 0 fully saturated rings. The summed E-state index contributed by atoms with van der Waals surface area (Å²) in [4.78, 5) is 8.42. The molecule has 0 bridgehead atoms. The Morgan fingerprint density at radius 2 is 2.05 bits per heavy atom. The minimum absolute atomic E-state index is 0.457. The van der Waals surface area contributed by atoms with Gasteiger partial charge in [0, 0.05) is 31.0 Å². The number of nitrogens with zero attached hydrogens (tertiary/aromatic N) is 2. The van der Waals surface area contributed by atoms with E-state index >= 15 is 0 Å². The van der Waals surface area contributed by atoms with Crippen LogP contribution in [0.1, 0.15) is 25.1 Å². The predicted octanol–water partition coefficient (Wildman–Crippen LogP) is 3.08. The quantitative estimate of drug-likeness (QED) is 0.894. The first kappa shape index (κ1) is 13.5. The van der Waals surface area contributed by atoms with Crippen molar-refractivity contribution in [3.05, 3.63) is 47.9 Å². The zero-order chi connectivity index (χ0) is 13.7. The van der Waals surface area contributed by atoms with Crippen molar-refractivity contribution in [3.63, 3.8) is 0 Å². The fourth-order valence-corrected chi connectivity index (χ4v) is 1.63. The molecule has 0 aromatic carbocycles. The Kier molecular flexibility index (Phi) is 4.47. The second-order valence-electron chi connectivity index (χ2n) is 4.73. The molecular formula is C15H19N3O. The fourth-order valence-electron chi connectivity index (χ4n) is 1.63. The van der Waals surface area contributed by atoms with Gasteiger partial charge in [0.2, 0.25) is 5.88 Å². The molecule has 4 heteroatoms. The lowest BCUT2D eigenvalue weighted by molar-refractivity contribution is 0.455. The van der Waals surface area contributed by atoms with Gasteiger partial charge in [0.1, 0.15) is 0 Å². The largest absolute Gasteiger partial charge is 0.437 e. The minimum atomic E-state index is 0.457. The monoisotopic (exact) mass is 257 g/mol. The maximum atomic E-state index is 5.76. The molecular weight excluding hydrogens is 238 g/mol. The first-order valence-electron chi connectivity index (χ1n) is 6.43. The Hall–Kier alpha value is -1.94. The first-order chi connectivity index (χ1) is 9.15. The van der Waals surface area contributed by atoms with Crippen LogP contribution in [-0.4, -0.2) is 16.0 Å². The second kappa shape index (κ2) is 6.29. The summed E-state index contributed by atoms with van der Waals surface area (Å²) in [5.41, 5.74) is 2.01. The predicted molar refractivity (Wildman–Crippen MR) is 75.3 cm³/mol. The summed E-state index contributed by atoms with van der Waals surface area (Å²) >= 11 is 0. The van der Waals surface area contributed by atoms with Crippen molar-refractivity contribution in [2.45, 2.75) is 33.4 Å². The van der Waals surface area contributed by atoms with E-state index in [0.29, 0.717) is 11.9 Å². The third kappa shape index (κ3) is 4.03. The number of pyridine rings is 2. The van der Waals surface area contributed by atoms with E-state index in [-0.39, 0.29) is 0 Å². The average Bonchev–Trinajstić information content (AvgIpc) is 2.40. The van der Waals surface area contributed by atoms with Gasteiger partial charge in [-0.2, -0.15) is 0 Å². The number of hydrogen-bond donors (Lipinski definition) is 1. The van der Waals surface area contributed by atoms with Gasteiger partial charge in [-0.3, -0.25) is 4.98 Å². The summed E-state index contributed by atoms with van der Waals surface area (Å²) in [6.45, 7) is 6.97. The highest BCUT2D eigenvalue weighted by molar-refractivity contribution is 5.31. The molecule has 19 heavy (non-hydrogen) atoms. The molecule has 1 N–H and O–H groups in total. The summed E-state index contributed by atoms with van der Waals surface area (Å²) in [5, 5.41) is 3.37. The van der Waals surface area contributed by atoms with Gasteiger partial charge in [-0.1, -0.05) is 13.8 Å². The zero-order valence-corrected chi connectivity index (χ0v) is 11.6. The smallest absolute Gasteiger partial charge is 0.219 e. The fraction of sp³-hybridized carbons (Fsp3) is 0.333. The molecule has 0 aliphatic rings. The molecule has 2 aromatic rings. The lowest BCUT2D eigenvalue weighted by Gasteiger charge is -2.10. The van der Waals surface area contributed by atoms with E-state index < -0.39 is 0 Å². The number of nitrogens with one attached hydrogen (secondary N) is 1. The molecule has 2 rings (SSSR count). The first-order valence-corrected chi connectivity index (χ1v) is 6.43. The van der Waals surface area contributed by atoms with E-state index in [4.69, 9.17) is 4.74 Å². The van der Waals surface area contributed by atoms with Gasteiger partial charge in [-0.15, -0.1) is 0 Å². The third-order valence-corrected chi connectivity index (χ3v) is 2.69. The standard InChI is InChI=1S/C15H19N3O/c1-11(2)18-10-13-6-8-17-15(9-13)19-14-5-4-7-16-12(14)3/h4-9,11,18H,10H2,1-3H3. The molecule has 0 aliphatic carbocycles. The second-order valence-corrected chi connectivity index (χ2v) is 4.73. The Morgan fingerprint density at radius 3 is 2.79 bits per heavy atom. The zero-order valence-electron chi connectivity index (χ0n) is 11.6. The third-order valence-electron chi connectivity index (χ3n) is 2.69. The van der Waals surface area contributed by atoms with E-state index in [1.165, 1.54) is 0 Å². The molecule has 0 aliphatic heterocycles. The van der Waals surface area contributed by atoms with Crippen LogP contribution in [0.25, 0.3) is 0 Å². The van der Waals surface area contributed by atoms with Crippen LogP contribution >= 0.6 is 0 Å². The van der Waals surface area contributed by atoms with Gasteiger partial charge in [-0.05, 0) is 30.7 Å². The highest BCUT2D eigenvalue weighted by atomic mass is 16.5. The Bertz CT molecular complexity index is 540. The Balaban J connectivity index is 2.09. The molecule has 2 heterocycles. The summed E-state index contributed by atoms with van der Waals surface area (Å²) < 4.78 is 5.76. The van der Waals surface area contributed by atoms with E-state index in [1.807, 2.05) is 31.2 Å². The topological polar surface area (TPSA) is 47.0 Å². The molecule has 0 saturated carbocycles. The van der Waals surface area contributed by atoms with Crippen LogP contribution in [0.4, 0.5) is 0 Å². The summed E-state index contributed by atoms with van der Waals surface area (Å²) in [6.07, 6.45) is 3.51. The van der Waals surface area contributed by atoms with Gasteiger partial charge < -0.3 is 10.1 Å². The van der Waals surface area contributed by atoms with Crippen molar-refractivity contribution in [1.82, 2.24) is 15.3 Å². The van der Waals surface area contributed by atoms with Crippen molar-refractivity contribution < 1.29 is 4.74 Å². The van der Waals surface area contributed by atoms with Crippen LogP contribution in [0.5, 0.6) is 11.6 Å². The maximum Gasteiger partial charge on any atom is 0.219 e. The molecule has 2 aromatic heterocycles. The highest BCUT2D eigenvalue weighted by Gasteiger charge is 2.04. The van der Waals surface area contributed by atoms with Crippen LogP contribution in [0, 0.1) is 6.92 Å². The number of rotatable bonds is 5. The van der Waals surface area contributed by atoms with Gasteiger partial charge in [0.25, 0.3) is 0 Å². The van der Waals surface area contributed by atoms with Crippen LogP contribution < -0.4 is 10.1 Å². The van der Waals surface area contributed by atoms with Crippen molar-refractivity contribution >= 4 is 0 Å². The van der Waals surface area contributed by atoms with Gasteiger partial charge >= 0.3 is 0 Å². The van der Waals surface area contributed by atoms with Gasteiger partial charge in [-0.25, -0.2) is 4.98 Å². The van der Waals surface area contributed by atoms with Crippen molar-refractivity contribution in [3.8, 4) is 11.6 Å². The van der Waals surface area contributed by atoms with Crippen LogP contribution in [0.2, 0.25) is 0 Å². The molecule has 0 spiro atoms. The number of aromatic nitrogens is 2. The van der Waals surface area contributed by atoms with E-state index in [1.54, 1.807) is 12.4 Å². The van der Waals surface area contributed by atoms with Crippen molar-refractivity contribution in [1.29, 1.82) is 0 Å². The number of ether oxygens (including phenoxy) is 1. The van der Waals surface area contributed by atoms with Crippen LogP contribution in [0.3, 0.4) is 0 Å². The minimum Gasteiger partial charge on any atom is -0.437 e. The molecule has 100 valence electrons. The Labute approximate surface area is 113 Å². The normalized spacial score (nSPS) is 10.7. The average molecular weight is 257 g/mol. The lowest BCUT2D eigenvalue weighted by atomic mass is 10.2. The van der Waals surface area contributed by atoms with Gasteiger partial charge in [0.15, 0.2) is 5.75 Å². The van der Waals surface area contributed by atoms with Crippen LogP contribution in [-0.2, 0) is 6.54 Å². The highest BCUT2D eigenvalue weighted by Crippen LogP contribution is 2.21. The summed E-state index contributed by atoms with van der Waals surface area (Å²) in [5.74, 6) is 1.34. The Morgan fingerprint density at radius 1 is 1.21 bits per heavy atom. The SMILES string of the molecule is Cc1ncccc1Oc1cc(CNC(C)C)ccn1. The van der Waals surface area contributed by atoms with Crippen molar-refractivity contribution in [2.24, 2.45) is 0 Å². The number of hydrogen-bond acceptors (Lipinski definition) is 4. The molecule has 0 radical (unpaired) electrons. The molecule has 0 atom stereocenters. The molecule has 0 saturated heterocycles. The summed E-state index contributed by atoms with van der Waals surface area (Å²) in [6, 6.07) is 8.13. The molecule has 0 amide bonds.